The lowest BCUT2D eigenvalue weighted by Crippen LogP contribution is -1.93. The molecule has 0 radical (unpaired) electrons. The van der Waals surface area contributed by atoms with Gasteiger partial charge in [-0.3, -0.25) is 9.59 Å². The second-order valence-corrected chi connectivity index (χ2v) is 16.8. The SMILES string of the molecule is O=C(O)CCCCCCCCCCCCCCCCCCCCCCCCCCCCCCCCCCCCCCCCCCCCCCC(=O)O. The molecule has 0 saturated heterocycles. The van der Waals surface area contributed by atoms with Crippen LogP contribution in [0.5, 0.6) is 0 Å². The molecule has 0 aliphatic carbocycles. The molecule has 0 rings (SSSR count). The van der Waals surface area contributed by atoms with Crippen molar-refractivity contribution >= 4 is 11.9 Å². The normalized spacial score (nSPS) is 11.5. The molecular weight excluding hydrogens is 641 g/mol. The summed E-state index contributed by atoms with van der Waals surface area (Å²) in [5, 5.41) is 17.3. The van der Waals surface area contributed by atoms with Gasteiger partial charge in [0, 0.05) is 12.8 Å². The molecule has 4 heteroatoms. The van der Waals surface area contributed by atoms with Crippen molar-refractivity contribution < 1.29 is 19.8 Å². The minimum Gasteiger partial charge on any atom is -0.481 e. The standard InChI is InChI=1S/C48H94O4/c49-47(50)45-43-41-39-37-35-33-31-29-27-25-23-21-19-17-15-13-11-9-7-5-3-1-2-4-6-8-10-12-14-16-18-20-22-24-26-28-30-32-34-36-38-40-42-44-46-48(51)52/h1-46H2,(H,49,50)(H,51,52). The van der Waals surface area contributed by atoms with Gasteiger partial charge >= 0.3 is 11.9 Å². The zero-order valence-electron chi connectivity index (χ0n) is 35.2. The van der Waals surface area contributed by atoms with Crippen LogP contribution in [-0.2, 0) is 9.59 Å². The minimum atomic E-state index is -0.650. The lowest BCUT2D eigenvalue weighted by Gasteiger charge is -2.05. The highest BCUT2D eigenvalue weighted by atomic mass is 16.4. The molecular formula is C48H94O4. The van der Waals surface area contributed by atoms with Crippen LogP contribution in [0.25, 0.3) is 0 Å². The molecule has 0 aliphatic heterocycles. The van der Waals surface area contributed by atoms with Crippen LogP contribution in [0.15, 0.2) is 0 Å². The fourth-order valence-corrected chi connectivity index (χ4v) is 7.98. The summed E-state index contributed by atoms with van der Waals surface area (Å²) >= 11 is 0. The highest BCUT2D eigenvalue weighted by molar-refractivity contribution is 5.66. The van der Waals surface area contributed by atoms with Gasteiger partial charge in [0.15, 0.2) is 0 Å². The third-order valence-corrected chi connectivity index (χ3v) is 11.5. The summed E-state index contributed by atoms with van der Waals surface area (Å²) in [6.45, 7) is 0. The number of carbonyl (C=O) groups is 2. The van der Waals surface area contributed by atoms with Crippen molar-refractivity contribution in [3.63, 3.8) is 0 Å². The summed E-state index contributed by atoms with van der Waals surface area (Å²) in [6, 6.07) is 0. The number of carboxylic acid groups (broad SMARTS) is 2. The van der Waals surface area contributed by atoms with Gasteiger partial charge in [0.1, 0.15) is 0 Å². The van der Waals surface area contributed by atoms with Gasteiger partial charge in [0.05, 0.1) is 0 Å². The molecule has 0 atom stereocenters. The number of rotatable bonds is 47. The van der Waals surface area contributed by atoms with Gasteiger partial charge in [0.25, 0.3) is 0 Å². The Kier molecular flexibility index (Phi) is 45.2. The first kappa shape index (κ1) is 50.9. The van der Waals surface area contributed by atoms with Crippen molar-refractivity contribution in [2.45, 2.75) is 295 Å². The molecule has 0 aromatic carbocycles. The van der Waals surface area contributed by atoms with Crippen molar-refractivity contribution in [1.82, 2.24) is 0 Å². The Morgan fingerprint density at radius 1 is 0.173 bits per heavy atom. The molecule has 0 unspecified atom stereocenters. The summed E-state index contributed by atoms with van der Waals surface area (Å²) in [6.07, 6.45) is 61.3. The Bertz CT molecular complexity index is 634. The van der Waals surface area contributed by atoms with Crippen molar-refractivity contribution in [2.75, 3.05) is 0 Å². The van der Waals surface area contributed by atoms with E-state index in [0.29, 0.717) is 12.8 Å². The first-order valence-electron chi connectivity index (χ1n) is 24.1. The number of carboxylic acids is 2. The van der Waals surface area contributed by atoms with E-state index in [1.54, 1.807) is 0 Å². The van der Waals surface area contributed by atoms with E-state index in [2.05, 4.69) is 0 Å². The number of unbranched alkanes of at least 4 members (excludes halogenated alkanes) is 43. The molecule has 4 nitrogen and oxygen atoms in total. The molecule has 0 aromatic rings. The number of hydrogen-bond acceptors (Lipinski definition) is 2. The lowest BCUT2D eigenvalue weighted by molar-refractivity contribution is -0.138. The molecule has 0 saturated carbocycles. The molecule has 310 valence electrons. The van der Waals surface area contributed by atoms with Crippen LogP contribution in [-0.4, -0.2) is 22.2 Å². The summed E-state index contributed by atoms with van der Waals surface area (Å²) in [4.78, 5) is 21.0. The van der Waals surface area contributed by atoms with E-state index in [1.807, 2.05) is 0 Å². The average Bonchev–Trinajstić information content (AvgIpc) is 3.12. The van der Waals surface area contributed by atoms with Crippen LogP contribution in [0.1, 0.15) is 295 Å². The molecule has 0 fully saturated rings. The molecule has 0 aromatic heterocycles. The monoisotopic (exact) mass is 735 g/mol. The lowest BCUT2D eigenvalue weighted by atomic mass is 10.0. The Balaban J connectivity index is 3.06. The van der Waals surface area contributed by atoms with E-state index >= 15 is 0 Å². The fraction of sp³-hybridized carbons (Fsp3) is 0.958. The average molecular weight is 735 g/mol. The second kappa shape index (κ2) is 46.1. The quantitative estimate of drug-likeness (QED) is 0.0611. The summed E-state index contributed by atoms with van der Waals surface area (Å²) in [5.41, 5.74) is 0. The van der Waals surface area contributed by atoms with E-state index in [9.17, 15) is 9.59 Å². The first-order valence-corrected chi connectivity index (χ1v) is 24.1. The Labute approximate surface area is 326 Å². The van der Waals surface area contributed by atoms with E-state index in [-0.39, 0.29) is 0 Å². The van der Waals surface area contributed by atoms with Gasteiger partial charge in [-0.25, -0.2) is 0 Å². The number of hydrogen-bond donors (Lipinski definition) is 2. The van der Waals surface area contributed by atoms with Crippen LogP contribution in [0.3, 0.4) is 0 Å². The highest BCUT2D eigenvalue weighted by Crippen LogP contribution is 2.18. The molecule has 0 amide bonds. The van der Waals surface area contributed by atoms with E-state index < -0.39 is 11.9 Å². The third kappa shape index (κ3) is 48.9. The van der Waals surface area contributed by atoms with Crippen LogP contribution in [0.4, 0.5) is 0 Å². The molecule has 52 heavy (non-hydrogen) atoms. The van der Waals surface area contributed by atoms with E-state index in [0.717, 1.165) is 25.7 Å². The zero-order valence-corrected chi connectivity index (χ0v) is 35.2. The summed E-state index contributed by atoms with van der Waals surface area (Å²) in [7, 11) is 0. The maximum atomic E-state index is 10.5. The first-order chi connectivity index (χ1) is 25.6. The van der Waals surface area contributed by atoms with Crippen LogP contribution in [0.2, 0.25) is 0 Å². The van der Waals surface area contributed by atoms with E-state index in [4.69, 9.17) is 10.2 Å². The van der Waals surface area contributed by atoms with Gasteiger partial charge in [0.2, 0.25) is 0 Å². The van der Waals surface area contributed by atoms with E-state index in [1.165, 1.54) is 257 Å². The topological polar surface area (TPSA) is 74.6 Å². The highest BCUT2D eigenvalue weighted by Gasteiger charge is 2.00. The summed E-state index contributed by atoms with van der Waals surface area (Å²) < 4.78 is 0. The van der Waals surface area contributed by atoms with Gasteiger partial charge in [-0.15, -0.1) is 0 Å². The molecule has 0 bridgehead atoms. The zero-order chi connectivity index (χ0) is 37.7. The Hall–Kier alpha value is -1.06. The largest absolute Gasteiger partial charge is 0.481 e. The van der Waals surface area contributed by atoms with Gasteiger partial charge in [-0.2, -0.15) is 0 Å². The fourth-order valence-electron chi connectivity index (χ4n) is 7.98. The predicted molar refractivity (Wildman–Crippen MR) is 228 cm³/mol. The van der Waals surface area contributed by atoms with Gasteiger partial charge in [-0.1, -0.05) is 270 Å². The summed E-state index contributed by atoms with van der Waals surface area (Å²) in [5.74, 6) is -1.30. The van der Waals surface area contributed by atoms with Crippen molar-refractivity contribution in [2.24, 2.45) is 0 Å². The number of aliphatic carboxylic acids is 2. The molecule has 2 N–H and O–H groups in total. The van der Waals surface area contributed by atoms with Crippen LogP contribution < -0.4 is 0 Å². The third-order valence-electron chi connectivity index (χ3n) is 11.5. The van der Waals surface area contributed by atoms with Crippen LogP contribution >= 0.6 is 0 Å². The molecule has 0 spiro atoms. The molecule has 0 heterocycles. The maximum absolute atomic E-state index is 10.5. The molecule has 0 aliphatic rings. The Morgan fingerprint density at radius 2 is 0.250 bits per heavy atom. The van der Waals surface area contributed by atoms with Gasteiger partial charge < -0.3 is 10.2 Å². The second-order valence-electron chi connectivity index (χ2n) is 16.8. The minimum absolute atomic E-state index is 0.343. The van der Waals surface area contributed by atoms with Crippen LogP contribution in [0, 0.1) is 0 Å². The maximum Gasteiger partial charge on any atom is 0.303 e. The predicted octanol–water partition coefficient (Wildman–Crippen LogP) is 17.1. The van der Waals surface area contributed by atoms with Crippen molar-refractivity contribution in [3.05, 3.63) is 0 Å². The van der Waals surface area contributed by atoms with Gasteiger partial charge in [-0.05, 0) is 12.8 Å². The Morgan fingerprint density at radius 3 is 0.327 bits per heavy atom. The smallest absolute Gasteiger partial charge is 0.303 e. The van der Waals surface area contributed by atoms with Crippen molar-refractivity contribution in [1.29, 1.82) is 0 Å². The van der Waals surface area contributed by atoms with Crippen molar-refractivity contribution in [3.8, 4) is 0 Å².